The summed E-state index contributed by atoms with van der Waals surface area (Å²) in [6.45, 7) is 4.51. The lowest BCUT2D eigenvalue weighted by atomic mass is 10.2. The highest BCUT2D eigenvalue weighted by molar-refractivity contribution is 7.22. The van der Waals surface area contributed by atoms with Crippen molar-refractivity contribution in [3.8, 4) is 0 Å². The van der Waals surface area contributed by atoms with Gasteiger partial charge in [-0.1, -0.05) is 30.0 Å². The third kappa shape index (κ3) is 4.54. The van der Waals surface area contributed by atoms with E-state index in [1.165, 1.54) is 6.08 Å². The second kappa shape index (κ2) is 7.75. The van der Waals surface area contributed by atoms with Crippen LogP contribution in [0.4, 0.5) is 5.13 Å². The molecule has 2 aromatic rings. The summed E-state index contributed by atoms with van der Waals surface area (Å²) in [6, 6.07) is 7.99. The number of carbonyl (C=O) groups is 1. The fourth-order valence-corrected chi connectivity index (χ4v) is 2.79. The number of anilines is 1. The SMILES string of the molecule is C=CC(=O)OCCCCCN(N)c1nc2ccccc2s1. The molecule has 0 amide bonds. The number of thiazole rings is 1. The fourth-order valence-electron chi connectivity index (χ4n) is 1.87. The number of esters is 1. The molecule has 1 aromatic heterocycles. The molecule has 6 heteroatoms. The molecule has 0 spiro atoms. The number of hydrazine groups is 1. The molecule has 2 N–H and O–H groups in total. The van der Waals surface area contributed by atoms with Crippen molar-refractivity contribution < 1.29 is 9.53 Å². The summed E-state index contributed by atoms with van der Waals surface area (Å²) in [4.78, 5) is 15.3. The van der Waals surface area contributed by atoms with Crippen LogP contribution in [-0.2, 0) is 9.53 Å². The van der Waals surface area contributed by atoms with E-state index in [4.69, 9.17) is 10.6 Å². The minimum absolute atomic E-state index is 0.370. The van der Waals surface area contributed by atoms with Crippen molar-refractivity contribution >= 4 is 32.7 Å². The lowest BCUT2D eigenvalue weighted by Crippen LogP contribution is -2.31. The highest BCUT2D eigenvalue weighted by atomic mass is 32.1. The third-order valence-corrected chi connectivity index (χ3v) is 4.06. The monoisotopic (exact) mass is 305 g/mol. The maximum atomic E-state index is 10.8. The van der Waals surface area contributed by atoms with Gasteiger partial charge in [-0.3, -0.25) is 5.01 Å². The van der Waals surface area contributed by atoms with E-state index in [1.807, 2.05) is 24.3 Å². The Hall–Kier alpha value is -1.92. The third-order valence-electron chi connectivity index (χ3n) is 2.98. The summed E-state index contributed by atoms with van der Waals surface area (Å²) in [5, 5.41) is 2.51. The Morgan fingerprint density at radius 2 is 2.19 bits per heavy atom. The van der Waals surface area contributed by atoms with Gasteiger partial charge in [0.2, 0.25) is 5.13 Å². The molecule has 1 heterocycles. The molecular formula is C15H19N3O2S. The zero-order valence-electron chi connectivity index (χ0n) is 11.8. The van der Waals surface area contributed by atoms with E-state index in [-0.39, 0.29) is 5.97 Å². The Bertz CT molecular complexity index is 579. The molecule has 0 fully saturated rings. The zero-order chi connectivity index (χ0) is 15.1. The van der Waals surface area contributed by atoms with Gasteiger partial charge in [0.25, 0.3) is 0 Å². The molecule has 2 rings (SSSR count). The van der Waals surface area contributed by atoms with Gasteiger partial charge in [-0.05, 0) is 31.4 Å². The van der Waals surface area contributed by atoms with E-state index >= 15 is 0 Å². The molecule has 21 heavy (non-hydrogen) atoms. The molecule has 0 radical (unpaired) electrons. The number of fused-ring (bicyclic) bond motifs is 1. The van der Waals surface area contributed by atoms with Crippen molar-refractivity contribution in [3.05, 3.63) is 36.9 Å². The van der Waals surface area contributed by atoms with Crippen molar-refractivity contribution in [2.75, 3.05) is 18.2 Å². The topological polar surface area (TPSA) is 68.5 Å². The summed E-state index contributed by atoms with van der Waals surface area (Å²) < 4.78 is 6.05. The van der Waals surface area contributed by atoms with Crippen LogP contribution in [-0.4, -0.2) is 24.1 Å². The summed E-state index contributed by atoms with van der Waals surface area (Å²) in [5.74, 6) is 5.66. The number of aromatic nitrogens is 1. The Kier molecular flexibility index (Phi) is 5.71. The number of nitrogens with zero attached hydrogens (tertiary/aromatic N) is 2. The van der Waals surface area contributed by atoms with Gasteiger partial charge in [0.1, 0.15) is 0 Å². The van der Waals surface area contributed by atoms with Gasteiger partial charge in [0.15, 0.2) is 0 Å². The van der Waals surface area contributed by atoms with Crippen LogP contribution in [0.25, 0.3) is 10.2 Å². The van der Waals surface area contributed by atoms with Crippen LogP contribution >= 0.6 is 11.3 Å². The summed E-state index contributed by atoms with van der Waals surface area (Å²) >= 11 is 1.59. The number of nitrogens with two attached hydrogens (primary N) is 1. The molecule has 112 valence electrons. The fraction of sp³-hybridized carbons (Fsp3) is 0.333. The largest absolute Gasteiger partial charge is 0.463 e. The minimum Gasteiger partial charge on any atom is -0.463 e. The quantitative estimate of drug-likeness (QED) is 0.267. The lowest BCUT2D eigenvalue weighted by molar-refractivity contribution is -0.137. The molecule has 5 nitrogen and oxygen atoms in total. The number of hydrogen-bond donors (Lipinski definition) is 1. The van der Waals surface area contributed by atoms with Crippen molar-refractivity contribution in [2.24, 2.45) is 5.84 Å². The molecule has 0 aliphatic carbocycles. The minimum atomic E-state index is -0.370. The molecule has 0 saturated carbocycles. The van der Waals surface area contributed by atoms with E-state index in [2.05, 4.69) is 11.6 Å². The Labute approximate surface area is 128 Å². The molecule has 0 aliphatic rings. The number of unbranched alkanes of at least 4 members (excludes halogenated alkanes) is 2. The Balaban J connectivity index is 1.71. The maximum absolute atomic E-state index is 10.8. The molecule has 0 saturated heterocycles. The molecule has 0 aliphatic heterocycles. The van der Waals surface area contributed by atoms with E-state index in [9.17, 15) is 4.79 Å². The first-order chi connectivity index (χ1) is 10.2. The molecule has 0 atom stereocenters. The molecule has 0 bridgehead atoms. The molecular weight excluding hydrogens is 286 g/mol. The van der Waals surface area contributed by atoms with Crippen LogP contribution in [0.15, 0.2) is 36.9 Å². The van der Waals surface area contributed by atoms with Crippen molar-refractivity contribution in [1.29, 1.82) is 0 Å². The summed E-state index contributed by atoms with van der Waals surface area (Å²) in [7, 11) is 0. The molecule has 1 aromatic carbocycles. The van der Waals surface area contributed by atoms with Crippen LogP contribution in [0.3, 0.4) is 0 Å². The first-order valence-electron chi connectivity index (χ1n) is 6.87. The van der Waals surface area contributed by atoms with Crippen molar-refractivity contribution in [2.45, 2.75) is 19.3 Å². The van der Waals surface area contributed by atoms with Gasteiger partial charge in [-0.15, -0.1) is 0 Å². The highest BCUT2D eigenvalue weighted by Gasteiger charge is 2.08. The van der Waals surface area contributed by atoms with E-state index in [0.717, 1.165) is 41.2 Å². The van der Waals surface area contributed by atoms with Gasteiger partial charge < -0.3 is 4.74 Å². The smallest absolute Gasteiger partial charge is 0.330 e. The second-order valence-electron chi connectivity index (χ2n) is 4.59. The van der Waals surface area contributed by atoms with Gasteiger partial charge in [-0.25, -0.2) is 15.6 Å². The average molecular weight is 305 g/mol. The standard InChI is InChI=1S/C15H19N3O2S/c1-2-14(19)20-11-7-3-6-10-18(16)15-17-12-8-4-5-9-13(12)21-15/h2,4-5,8-9H,1,3,6-7,10-11,16H2. The number of para-hydroxylation sites is 1. The summed E-state index contributed by atoms with van der Waals surface area (Å²) in [5.41, 5.74) is 0.976. The van der Waals surface area contributed by atoms with E-state index in [1.54, 1.807) is 16.3 Å². The van der Waals surface area contributed by atoms with Gasteiger partial charge >= 0.3 is 5.97 Å². The number of carbonyl (C=O) groups excluding carboxylic acids is 1. The van der Waals surface area contributed by atoms with Crippen LogP contribution < -0.4 is 10.9 Å². The average Bonchev–Trinajstić information content (AvgIpc) is 2.94. The van der Waals surface area contributed by atoms with Crippen LogP contribution in [0.2, 0.25) is 0 Å². The maximum Gasteiger partial charge on any atom is 0.330 e. The zero-order valence-corrected chi connectivity index (χ0v) is 12.6. The van der Waals surface area contributed by atoms with Gasteiger partial charge in [-0.2, -0.15) is 0 Å². The Morgan fingerprint density at radius 3 is 2.95 bits per heavy atom. The van der Waals surface area contributed by atoms with Crippen LogP contribution in [0.1, 0.15) is 19.3 Å². The highest BCUT2D eigenvalue weighted by Crippen LogP contribution is 2.27. The van der Waals surface area contributed by atoms with Crippen LogP contribution in [0, 0.1) is 0 Å². The van der Waals surface area contributed by atoms with Gasteiger partial charge in [0, 0.05) is 12.6 Å². The lowest BCUT2D eigenvalue weighted by Gasteiger charge is -2.14. The van der Waals surface area contributed by atoms with E-state index < -0.39 is 0 Å². The van der Waals surface area contributed by atoms with Gasteiger partial charge in [0.05, 0.1) is 16.8 Å². The van der Waals surface area contributed by atoms with Crippen molar-refractivity contribution in [3.63, 3.8) is 0 Å². The van der Waals surface area contributed by atoms with Crippen LogP contribution in [0.5, 0.6) is 0 Å². The number of ether oxygens (including phenoxy) is 1. The number of rotatable bonds is 8. The Morgan fingerprint density at radius 1 is 1.38 bits per heavy atom. The van der Waals surface area contributed by atoms with Crippen molar-refractivity contribution in [1.82, 2.24) is 4.98 Å². The molecule has 0 unspecified atom stereocenters. The number of benzene rings is 1. The summed E-state index contributed by atoms with van der Waals surface area (Å²) in [6.07, 6.45) is 3.88. The predicted octanol–water partition coefficient (Wildman–Crippen LogP) is 2.88. The van der Waals surface area contributed by atoms with E-state index in [0.29, 0.717) is 6.61 Å². The first-order valence-corrected chi connectivity index (χ1v) is 7.69. The number of hydrogen-bond acceptors (Lipinski definition) is 6. The predicted molar refractivity (Wildman–Crippen MR) is 86.2 cm³/mol. The second-order valence-corrected chi connectivity index (χ2v) is 5.60. The normalized spacial score (nSPS) is 10.5. The first kappa shape index (κ1) is 15.5.